The van der Waals surface area contributed by atoms with E-state index < -0.39 is 26.5 Å². The zero-order valence-corrected chi connectivity index (χ0v) is 48.9. The first-order chi connectivity index (χ1) is 34.5. The van der Waals surface area contributed by atoms with Crippen LogP contribution in [0.3, 0.4) is 0 Å². The number of ether oxygens (including phenoxy) is 2. The number of rotatable bonds is 58. The van der Waals surface area contributed by atoms with Crippen LogP contribution in [-0.4, -0.2) is 74.9 Å². The van der Waals surface area contributed by atoms with Crippen molar-refractivity contribution in [3.63, 3.8) is 0 Å². The molecule has 0 aromatic heterocycles. The first-order valence-electron chi connectivity index (χ1n) is 30.9. The van der Waals surface area contributed by atoms with Gasteiger partial charge in [0.1, 0.15) is 19.8 Å². The highest BCUT2D eigenvalue weighted by Gasteiger charge is 2.27. The van der Waals surface area contributed by atoms with E-state index in [1.807, 2.05) is 21.1 Å². The van der Waals surface area contributed by atoms with Crippen LogP contribution in [0.2, 0.25) is 0 Å². The van der Waals surface area contributed by atoms with E-state index in [4.69, 9.17) is 18.5 Å². The molecule has 0 aliphatic carbocycles. The predicted molar refractivity (Wildman–Crippen MR) is 303 cm³/mol. The Balaban J connectivity index is 4.00. The Morgan fingerprint density at radius 1 is 0.423 bits per heavy atom. The summed E-state index contributed by atoms with van der Waals surface area (Å²) >= 11 is 0. The van der Waals surface area contributed by atoms with Crippen LogP contribution in [0.25, 0.3) is 0 Å². The van der Waals surface area contributed by atoms with E-state index in [2.05, 4.69) is 26.0 Å². The number of phosphoric ester groups is 1. The van der Waals surface area contributed by atoms with Gasteiger partial charge in [-0.2, -0.15) is 0 Å². The molecule has 0 bridgehead atoms. The van der Waals surface area contributed by atoms with Gasteiger partial charge in [0.05, 0.1) is 27.7 Å². The molecule has 422 valence electrons. The van der Waals surface area contributed by atoms with Crippen LogP contribution < -0.4 is 0 Å². The molecule has 0 aliphatic rings. The van der Waals surface area contributed by atoms with Crippen molar-refractivity contribution in [3.8, 4) is 0 Å². The van der Waals surface area contributed by atoms with E-state index in [9.17, 15) is 19.0 Å². The van der Waals surface area contributed by atoms with E-state index in [-0.39, 0.29) is 25.6 Å². The van der Waals surface area contributed by atoms with Crippen molar-refractivity contribution in [1.29, 1.82) is 0 Å². The molecule has 71 heavy (non-hydrogen) atoms. The van der Waals surface area contributed by atoms with Gasteiger partial charge in [-0.3, -0.25) is 18.6 Å². The Hall–Kier alpha value is -1.25. The van der Waals surface area contributed by atoms with Crippen molar-refractivity contribution in [1.82, 2.24) is 0 Å². The fourth-order valence-corrected chi connectivity index (χ4v) is 9.99. The monoisotopic (exact) mass is 1030 g/mol. The second-order valence-corrected chi connectivity index (χ2v) is 23.9. The molecule has 0 aliphatic heterocycles. The number of carbonyl (C=O) groups is 2. The summed E-state index contributed by atoms with van der Waals surface area (Å²) in [5.41, 5.74) is 0. The fraction of sp³-hybridized carbons (Fsp3) is 0.934. The van der Waals surface area contributed by atoms with Crippen LogP contribution in [0.15, 0.2) is 12.2 Å². The SMILES string of the molecule is CCCCCCCC/C=C\CCCCCCCCCC(=O)OC(COC(=O)CCCCCCCCCCCCCCCCCCCCCCCCCCCCCCCC)COP(=O)(O)OCC[N+](C)(C)C. The Labute approximate surface area is 441 Å². The lowest BCUT2D eigenvalue weighted by Gasteiger charge is -2.24. The van der Waals surface area contributed by atoms with Gasteiger partial charge in [-0.25, -0.2) is 4.57 Å². The zero-order valence-electron chi connectivity index (χ0n) is 48.0. The smallest absolute Gasteiger partial charge is 0.462 e. The first kappa shape index (κ1) is 69.8. The number of allylic oxidation sites excluding steroid dienone is 2. The molecule has 0 spiro atoms. The maximum atomic E-state index is 12.8. The van der Waals surface area contributed by atoms with E-state index in [1.165, 1.54) is 238 Å². The lowest BCUT2D eigenvalue weighted by atomic mass is 10.0. The number of carbonyl (C=O) groups excluding carboxylic acids is 2. The van der Waals surface area contributed by atoms with E-state index in [0.29, 0.717) is 23.9 Å². The Morgan fingerprint density at radius 2 is 0.718 bits per heavy atom. The highest BCUT2D eigenvalue weighted by molar-refractivity contribution is 7.47. The Kier molecular flexibility index (Phi) is 52.6. The molecule has 0 amide bonds. The molecular formula is C61H121NO8P+. The molecule has 10 heteroatoms. The molecule has 0 fully saturated rings. The van der Waals surface area contributed by atoms with Crippen LogP contribution >= 0.6 is 7.82 Å². The minimum atomic E-state index is -4.38. The maximum Gasteiger partial charge on any atom is 0.472 e. The van der Waals surface area contributed by atoms with E-state index >= 15 is 0 Å². The summed E-state index contributed by atoms with van der Waals surface area (Å²) in [4.78, 5) is 35.7. The van der Waals surface area contributed by atoms with Crippen LogP contribution in [0, 0.1) is 0 Å². The van der Waals surface area contributed by atoms with Gasteiger partial charge >= 0.3 is 19.8 Å². The Morgan fingerprint density at radius 3 is 1.04 bits per heavy atom. The van der Waals surface area contributed by atoms with Gasteiger partial charge in [0, 0.05) is 12.8 Å². The molecule has 2 atom stereocenters. The normalized spacial score (nSPS) is 13.3. The van der Waals surface area contributed by atoms with Gasteiger partial charge in [-0.1, -0.05) is 276 Å². The zero-order chi connectivity index (χ0) is 52.0. The van der Waals surface area contributed by atoms with Crippen molar-refractivity contribution in [2.24, 2.45) is 0 Å². The van der Waals surface area contributed by atoms with Crippen molar-refractivity contribution in [3.05, 3.63) is 12.2 Å². The molecule has 0 aromatic rings. The highest BCUT2D eigenvalue weighted by Crippen LogP contribution is 2.43. The van der Waals surface area contributed by atoms with Gasteiger partial charge in [-0.15, -0.1) is 0 Å². The molecule has 1 N–H and O–H groups in total. The number of phosphoric acid groups is 1. The number of unbranched alkanes of at least 4 members (excludes halogenated alkanes) is 42. The largest absolute Gasteiger partial charge is 0.472 e. The number of hydrogen-bond acceptors (Lipinski definition) is 7. The number of esters is 2. The van der Waals surface area contributed by atoms with Gasteiger partial charge in [-0.05, 0) is 38.5 Å². The minimum absolute atomic E-state index is 0.0345. The molecule has 2 unspecified atom stereocenters. The second-order valence-electron chi connectivity index (χ2n) is 22.5. The number of likely N-dealkylation sites (N-methyl/N-ethyl adjacent to an activating group) is 1. The third-order valence-corrected chi connectivity index (χ3v) is 15.0. The maximum absolute atomic E-state index is 12.8. The molecular weight excluding hydrogens is 906 g/mol. The van der Waals surface area contributed by atoms with Crippen LogP contribution in [0.1, 0.15) is 316 Å². The van der Waals surface area contributed by atoms with E-state index in [0.717, 1.165) is 44.9 Å². The van der Waals surface area contributed by atoms with Gasteiger partial charge in [0.25, 0.3) is 0 Å². The molecule has 0 aromatic carbocycles. The topological polar surface area (TPSA) is 108 Å². The number of nitrogens with zero attached hydrogens (tertiary/aromatic N) is 1. The van der Waals surface area contributed by atoms with Crippen LogP contribution in [0.4, 0.5) is 0 Å². The fourth-order valence-electron chi connectivity index (χ4n) is 9.25. The summed E-state index contributed by atoms with van der Waals surface area (Å²) in [6.45, 7) is 4.48. The minimum Gasteiger partial charge on any atom is -0.462 e. The van der Waals surface area contributed by atoms with Crippen molar-refractivity contribution in [2.45, 2.75) is 322 Å². The molecule has 0 saturated carbocycles. The Bertz CT molecular complexity index is 1210. The average Bonchev–Trinajstić information content (AvgIpc) is 3.33. The lowest BCUT2D eigenvalue weighted by Crippen LogP contribution is -2.37. The third kappa shape index (κ3) is 57.9. The number of hydrogen-bond donors (Lipinski definition) is 1. The summed E-state index contributed by atoms with van der Waals surface area (Å²) in [6.07, 6.45) is 63.0. The highest BCUT2D eigenvalue weighted by atomic mass is 31.2. The summed E-state index contributed by atoms with van der Waals surface area (Å²) in [5.74, 6) is -0.783. The summed E-state index contributed by atoms with van der Waals surface area (Å²) in [7, 11) is 1.49. The van der Waals surface area contributed by atoms with E-state index in [1.54, 1.807) is 0 Å². The quantitative estimate of drug-likeness (QED) is 0.0211. The second kappa shape index (κ2) is 53.6. The molecule has 0 rings (SSSR count). The summed E-state index contributed by atoms with van der Waals surface area (Å²) in [5, 5.41) is 0. The van der Waals surface area contributed by atoms with Crippen molar-refractivity contribution >= 4 is 19.8 Å². The number of quaternary nitrogens is 1. The van der Waals surface area contributed by atoms with Gasteiger partial charge in [0.15, 0.2) is 6.10 Å². The van der Waals surface area contributed by atoms with Crippen molar-refractivity contribution in [2.75, 3.05) is 47.5 Å². The van der Waals surface area contributed by atoms with Gasteiger partial charge in [0.2, 0.25) is 0 Å². The summed E-state index contributed by atoms with van der Waals surface area (Å²) < 4.78 is 34.6. The van der Waals surface area contributed by atoms with Crippen molar-refractivity contribution < 1.29 is 42.1 Å². The predicted octanol–water partition coefficient (Wildman–Crippen LogP) is 19.2. The standard InChI is InChI=1S/C61H120NO8P/c1-6-8-10-12-14-16-18-20-22-24-25-26-27-28-29-30-31-32-33-34-35-36-38-39-41-43-45-47-49-51-53-60(63)67-57-59(58-69-71(65,66)68-56-55-62(3,4)5)70-61(64)54-52-50-48-46-44-42-40-37-23-21-19-17-15-13-11-9-7-2/h21,23,59H,6-20,22,24-58H2,1-5H3/p+1/b23-21-. The first-order valence-corrected chi connectivity index (χ1v) is 32.4. The average molecular weight is 1030 g/mol. The van der Waals surface area contributed by atoms with Crippen LogP contribution in [-0.2, 0) is 32.7 Å². The molecule has 9 nitrogen and oxygen atoms in total. The summed E-state index contributed by atoms with van der Waals surface area (Å²) in [6, 6.07) is 0. The molecule has 0 saturated heterocycles. The third-order valence-electron chi connectivity index (χ3n) is 14.0. The van der Waals surface area contributed by atoms with Crippen LogP contribution in [0.5, 0.6) is 0 Å². The molecule has 0 radical (unpaired) electrons. The lowest BCUT2D eigenvalue weighted by molar-refractivity contribution is -0.870. The van der Waals surface area contributed by atoms with Gasteiger partial charge < -0.3 is 18.9 Å². The molecule has 0 heterocycles.